The summed E-state index contributed by atoms with van der Waals surface area (Å²) in [6.07, 6.45) is 2.28. The summed E-state index contributed by atoms with van der Waals surface area (Å²) in [5.74, 6) is -0.815. The maximum absolute atomic E-state index is 15.4. The molecule has 44 heavy (non-hydrogen) atoms. The number of aryl methyl sites for hydroxylation is 1. The molecule has 0 unspecified atom stereocenters. The van der Waals surface area contributed by atoms with Crippen molar-refractivity contribution < 1.29 is 19.1 Å². The van der Waals surface area contributed by atoms with Crippen molar-refractivity contribution in [2.75, 3.05) is 25.0 Å². The van der Waals surface area contributed by atoms with Crippen LogP contribution in [-0.4, -0.2) is 82.2 Å². The zero-order chi connectivity index (χ0) is 30.5. The number of amides is 3. The first kappa shape index (κ1) is 27.7. The summed E-state index contributed by atoms with van der Waals surface area (Å²) < 4.78 is 17.0. The maximum atomic E-state index is 15.4. The lowest BCUT2D eigenvalue weighted by molar-refractivity contribution is 0.0671. The molecular weight excluding hydrogens is 565 g/mol. The average Bonchev–Trinajstić information content (AvgIpc) is 3.76. The number of likely N-dealkylation sites (tertiary alicyclic amines) is 1. The van der Waals surface area contributed by atoms with E-state index in [2.05, 4.69) is 31.7 Å². The van der Waals surface area contributed by atoms with Crippen molar-refractivity contribution >= 4 is 23.3 Å². The molecule has 2 N–H and O–H groups in total. The van der Waals surface area contributed by atoms with Crippen LogP contribution in [0.2, 0.25) is 0 Å². The molecule has 0 radical (unpaired) electrons. The topological polar surface area (TPSA) is 134 Å². The maximum Gasteiger partial charge on any atom is 0.321 e. The molecule has 7 rings (SSSR count). The Morgan fingerprint density at radius 1 is 1.05 bits per heavy atom. The molecule has 0 aliphatic carbocycles. The highest BCUT2D eigenvalue weighted by atomic mass is 19.1. The van der Waals surface area contributed by atoms with Gasteiger partial charge < -0.3 is 20.2 Å². The molecule has 0 saturated carbocycles. The number of aliphatic hydroxyl groups excluding tert-OH is 1. The Bertz CT molecular complexity index is 1920. The number of hydrogen-bond donors (Lipinski definition) is 2. The fourth-order valence-electron chi connectivity index (χ4n) is 5.99. The Hall–Kier alpha value is -5.17. The highest BCUT2D eigenvalue weighted by Gasteiger charge is 2.30. The minimum Gasteiger partial charge on any atom is -0.391 e. The van der Waals surface area contributed by atoms with E-state index >= 15 is 4.39 Å². The van der Waals surface area contributed by atoms with E-state index in [1.54, 1.807) is 31.4 Å². The van der Waals surface area contributed by atoms with Gasteiger partial charge in [0, 0.05) is 44.0 Å². The summed E-state index contributed by atoms with van der Waals surface area (Å²) in [5.41, 5.74) is 4.66. The van der Waals surface area contributed by atoms with E-state index in [9.17, 15) is 14.7 Å². The molecule has 224 valence electrons. The van der Waals surface area contributed by atoms with Gasteiger partial charge in [-0.05, 0) is 55.2 Å². The van der Waals surface area contributed by atoms with E-state index in [0.29, 0.717) is 42.2 Å². The number of anilines is 1. The van der Waals surface area contributed by atoms with Gasteiger partial charge in [-0.1, -0.05) is 24.3 Å². The largest absolute Gasteiger partial charge is 0.391 e. The number of carbonyl (C=O) groups is 2. The number of carbonyl (C=O) groups excluding carboxylic acids is 2. The molecule has 0 spiro atoms. The Morgan fingerprint density at radius 3 is 2.64 bits per heavy atom. The number of benzene rings is 2. The monoisotopic (exact) mass is 595 g/mol. The third-order valence-corrected chi connectivity index (χ3v) is 8.31. The summed E-state index contributed by atoms with van der Waals surface area (Å²) in [5, 5.41) is 25.6. The lowest BCUT2D eigenvalue weighted by Crippen LogP contribution is -2.39. The summed E-state index contributed by atoms with van der Waals surface area (Å²) >= 11 is 0. The first-order valence-electron chi connectivity index (χ1n) is 14.5. The quantitative estimate of drug-likeness (QED) is 0.324. The van der Waals surface area contributed by atoms with Crippen LogP contribution in [0.3, 0.4) is 0 Å². The fourth-order valence-corrected chi connectivity index (χ4v) is 5.99. The number of nitrogens with one attached hydrogen (secondary N) is 1. The number of aliphatic hydroxyl groups is 1. The second kappa shape index (κ2) is 10.8. The highest BCUT2D eigenvalue weighted by Crippen LogP contribution is 2.32. The van der Waals surface area contributed by atoms with E-state index in [1.165, 1.54) is 31.9 Å². The molecule has 5 heterocycles. The number of rotatable bonds is 4. The number of fused-ring (bicyclic) bond motifs is 2. The molecule has 13 heteroatoms. The molecule has 3 aromatic heterocycles. The highest BCUT2D eigenvalue weighted by molar-refractivity contribution is 5.94. The summed E-state index contributed by atoms with van der Waals surface area (Å²) in [7, 11) is 1.69. The van der Waals surface area contributed by atoms with Gasteiger partial charge in [-0.25, -0.2) is 18.7 Å². The molecule has 2 aliphatic rings. The second-order valence-corrected chi connectivity index (χ2v) is 11.2. The van der Waals surface area contributed by atoms with Gasteiger partial charge in [0.1, 0.15) is 17.2 Å². The van der Waals surface area contributed by atoms with Crippen LogP contribution < -0.4 is 5.32 Å². The van der Waals surface area contributed by atoms with Crippen molar-refractivity contribution in [3.05, 3.63) is 83.4 Å². The van der Waals surface area contributed by atoms with Crippen LogP contribution in [0.4, 0.5) is 14.9 Å². The minimum atomic E-state index is -0.592. The van der Waals surface area contributed by atoms with Crippen LogP contribution in [0.25, 0.3) is 28.3 Å². The second-order valence-electron chi connectivity index (χ2n) is 11.2. The van der Waals surface area contributed by atoms with Crippen LogP contribution in [0.15, 0.2) is 60.8 Å². The Kier molecular flexibility index (Phi) is 6.81. The SMILES string of the molecule is C[C@@H]1c2ccccc2CCN1C(=O)c1cc(-c2cnn(C)n2)n2nc(-c3ccc(NC(=O)N4CC[C@H](O)C4)cc3F)cc2n1. The zero-order valence-corrected chi connectivity index (χ0v) is 24.2. The van der Waals surface area contributed by atoms with Gasteiger partial charge in [0.2, 0.25) is 0 Å². The molecule has 3 amide bonds. The number of aromatic nitrogens is 6. The third-order valence-electron chi connectivity index (χ3n) is 8.31. The molecule has 2 aliphatic heterocycles. The van der Waals surface area contributed by atoms with Gasteiger partial charge in [-0.2, -0.15) is 20.1 Å². The predicted molar refractivity (Wildman–Crippen MR) is 159 cm³/mol. The van der Waals surface area contributed by atoms with Gasteiger partial charge in [-0.3, -0.25) is 4.79 Å². The van der Waals surface area contributed by atoms with Gasteiger partial charge in [0.15, 0.2) is 5.65 Å². The van der Waals surface area contributed by atoms with Crippen molar-refractivity contribution in [1.29, 1.82) is 0 Å². The number of hydrogen-bond acceptors (Lipinski definition) is 7. The minimum absolute atomic E-state index is 0.130. The Balaban J connectivity index is 1.23. The molecule has 2 atom stereocenters. The van der Waals surface area contributed by atoms with Crippen molar-refractivity contribution in [3.63, 3.8) is 0 Å². The standard InChI is InChI=1S/C31H30FN9O3/c1-18-22-6-4-3-5-19(22)9-12-40(18)30(43)26-14-28(27-16-33-38(2)36-27)41-29(35-26)15-25(37-41)23-8-7-20(13-24(23)32)34-31(44)39-11-10-21(42)17-39/h3-8,13-16,18,21,42H,9-12,17H2,1-2H3,(H,34,44)/t18-,21+/m1/s1. The summed E-state index contributed by atoms with van der Waals surface area (Å²) in [6.45, 7) is 3.24. The Morgan fingerprint density at radius 2 is 1.89 bits per heavy atom. The van der Waals surface area contributed by atoms with Crippen LogP contribution >= 0.6 is 0 Å². The third kappa shape index (κ3) is 4.94. The lowest BCUT2D eigenvalue weighted by atomic mass is 9.93. The summed E-state index contributed by atoms with van der Waals surface area (Å²) in [4.78, 5) is 35.8. The van der Waals surface area contributed by atoms with Crippen molar-refractivity contribution in [1.82, 2.24) is 39.4 Å². The molecular formula is C31H30FN9O3. The van der Waals surface area contributed by atoms with Gasteiger partial charge in [-0.15, -0.1) is 0 Å². The first-order chi connectivity index (χ1) is 21.2. The van der Waals surface area contributed by atoms with Crippen molar-refractivity contribution in [2.24, 2.45) is 7.05 Å². The van der Waals surface area contributed by atoms with Crippen LogP contribution in [0, 0.1) is 5.82 Å². The van der Waals surface area contributed by atoms with Crippen LogP contribution in [0.5, 0.6) is 0 Å². The lowest BCUT2D eigenvalue weighted by Gasteiger charge is -2.35. The number of urea groups is 1. The van der Waals surface area contributed by atoms with Crippen LogP contribution in [0.1, 0.15) is 41.0 Å². The van der Waals surface area contributed by atoms with E-state index in [0.717, 1.165) is 12.0 Å². The predicted octanol–water partition coefficient (Wildman–Crippen LogP) is 3.69. The molecule has 5 aromatic rings. The van der Waals surface area contributed by atoms with Crippen molar-refractivity contribution in [3.8, 4) is 22.6 Å². The van der Waals surface area contributed by atoms with Gasteiger partial charge >= 0.3 is 6.03 Å². The van der Waals surface area contributed by atoms with E-state index in [1.807, 2.05) is 30.0 Å². The fraction of sp³-hybridized carbons (Fsp3) is 0.290. The van der Waals surface area contributed by atoms with E-state index < -0.39 is 18.0 Å². The molecule has 2 aromatic carbocycles. The number of halogens is 1. The zero-order valence-electron chi connectivity index (χ0n) is 24.2. The molecule has 1 fully saturated rings. The number of nitrogens with zero attached hydrogens (tertiary/aromatic N) is 8. The molecule has 12 nitrogen and oxygen atoms in total. The Labute approximate surface area is 251 Å². The average molecular weight is 596 g/mol. The van der Waals surface area contributed by atoms with E-state index in [-0.39, 0.29) is 35.4 Å². The van der Waals surface area contributed by atoms with Crippen molar-refractivity contribution in [2.45, 2.75) is 31.9 Å². The molecule has 0 bridgehead atoms. The molecule has 1 saturated heterocycles. The smallest absolute Gasteiger partial charge is 0.321 e. The van der Waals surface area contributed by atoms with Gasteiger partial charge in [0.25, 0.3) is 5.91 Å². The van der Waals surface area contributed by atoms with Gasteiger partial charge in [0.05, 0.1) is 29.7 Å². The normalized spacial score (nSPS) is 18.1. The first-order valence-corrected chi connectivity index (χ1v) is 14.5. The number of β-amino-alcohol motifs (C(OH)–C–C–N with tert-alkyl or cyclic N) is 1. The van der Waals surface area contributed by atoms with E-state index in [4.69, 9.17) is 0 Å². The van der Waals surface area contributed by atoms with Crippen LogP contribution in [-0.2, 0) is 13.5 Å². The summed E-state index contributed by atoms with van der Waals surface area (Å²) in [6, 6.07) is 15.2.